The molecule has 4 heteroatoms. The van der Waals surface area contributed by atoms with Gasteiger partial charge in [-0.3, -0.25) is 4.79 Å². The average Bonchev–Trinajstić information content (AvgIpc) is 2.91. The van der Waals surface area contributed by atoms with E-state index in [-0.39, 0.29) is 11.3 Å². The highest BCUT2D eigenvalue weighted by molar-refractivity contribution is 6.30. The summed E-state index contributed by atoms with van der Waals surface area (Å²) in [6.07, 6.45) is 3.81. The van der Waals surface area contributed by atoms with Crippen LogP contribution in [0, 0.1) is 5.41 Å². The fourth-order valence-electron chi connectivity index (χ4n) is 2.90. The van der Waals surface area contributed by atoms with Crippen LogP contribution in [0.15, 0.2) is 24.3 Å². The van der Waals surface area contributed by atoms with Gasteiger partial charge in [-0.25, -0.2) is 0 Å². The fraction of sp³-hybridized carbons (Fsp3) is 0.562. The Bertz CT molecular complexity index is 438. The first-order valence-corrected chi connectivity index (χ1v) is 7.77. The second-order valence-electron chi connectivity index (χ2n) is 5.59. The maximum Gasteiger partial charge on any atom is 0.227 e. The first-order valence-electron chi connectivity index (χ1n) is 7.40. The molecule has 0 aliphatic carbocycles. The number of halogens is 1. The maximum absolute atomic E-state index is 12.4. The molecular weight excluding hydrogens is 272 g/mol. The van der Waals surface area contributed by atoms with Gasteiger partial charge in [-0.2, -0.15) is 0 Å². The van der Waals surface area contributed by atoms with E-state index >= 15 is 0 Å². The van der Waals surface area contributed by atoms with Crippen molar-refractivity contribution in [3.05, 3.63) is 34.9 Å². The zero-order valence-corrected chi connectivity index (χ0v) is 12.8. The van der Waals surface area contributed by atoms with Crippen molar-refractivity contribution in [1.29, 1.82) is 0 Å². The number of rotatable bonds is 6. The Labute approximate surface area is 126 Å². The van der Waals surface area contributed by atoms with Gasteiger partial charge in [0.1, 0.15) is 0 Å². The summed E-state index contributed by atoms with van der Waals surface area (Å²) in [5.74, 6) is 0.207. The van der Waals surface area contributed by atoms with Gasteiger partial charge in [-0.1, -0.05) is 37.1 Å². The van der Waals surface area contributed by atoms with Crippen molar-refractivity contribution in [3.8, 4) is 0 Å². The number of carbonyl (C=O) groups is 1. The highest BCUT2D eigenvalue weighted by Gasteiger charge is 2.39. The minimum Gasteiger partial charge on any atom is -0.355 e. The van der Waals surface area contributed by atoms with Gasteiger partial charge in [0.25, 0.3) is 0 Å². The summed E-state index contributed by atoms with van der Waals surface area (Å²) >= 11 is 5.86. The van der Waals surface area contributed by atoms with Gasteiger partial charge >= 0.3 is 0 Å². The predicted molar refractivity (Wildman–Crippen MR) is 83.0 cm³/mol. The summed E-state index contributed by atoms with van der Waals surface area (Å²) in [4.78, 5) is 12.4. The fourth-order valence-corrected chi connectivity index (χ4v) is 3.03. The minimum atomic E-state index is -0.186. The van der Waals surface area contributed by atoms with E-state index in [1.54, 1.807) is 0 Å². The Morgan fingerprint density at radius 1 is 1.40 bits per heavy atom. The van der Waals surface area contributed by atoms with Gasteiger partial charge in [-0.05, 0) is 43.5 Å². The van der Waals surface area contributed by atoms with E-state index in [0.717, 1.165) is 43.8 Å². The van der Waals surface area contributed by atoms with Crippen LogP contribution in [0.4, 0.5) is 0 Å². The molecule has 0 spiro atoms. The Morgan fingerprint density at radius 2 is 2.15 bits per heavy atom. The van der Waals surface area contributed by atoms with Crippen LogP contribution in [0.1, 0.15) is 31.7 Å². The van der Waals surface area contributed by atoms with E-state index < -0.39 is 0 Å². The summed E-state index contributed by atoms with van der Waals surface area (Å²) in [5, 5.41) is 7.17. The molecule has 1 unspecified atom stereocenters. The van der Waals surface area contributed by atoms with Crippen molar-refractivity contribution in [1.82, 2.24) is 10.6 Å². The van der Waals surface area contributed by atoms with E-state index in [9.17, 15) is 4.79 Å². The van der Waals surface area contributed by atoms with Gasteiger partial charge < -0.3 is 10.6 Å². The lowest BCUT2D eigenvalue weighted by molar-refractivity contribution is -0.130. The summed E-state index contributed by atoms with van der Waals surface area (Å²) in [7, 11) is 0. The maximum atomic E-state index is 12.4. The van der Waals surface area contributed by atoms with E-state index in [1.165, 1.54) is 5.56 Å². The molecule has 1 atom stereocenters. The van der Waals surface area contributed by atoms with Crippen molar-refractivity contribution < 1.29 is 4.79 Å². The first kappa shape index (κ1) is 15.3. The quantitative estimate of drug-likeness (QED) is 0.847. The smallest absolute Gasteiger partial charge is 0.227 e. The Hall–Kier alpha value is -1.06. The van der Waals surface area contributed by atoms with Crippen molar-refractivity contribution in [2.75, 3.05) is 19.6 Å². The van der Waals surface area contributed by atoms with Crippen LogP contribution in [-0.4, -0.2) is 25.5 Å². The largest absolute Gasteiger partial charge is 0.355 e. The van der Waals surface area contributed by atoms with Crippen LogP contribution in [0.25, 0.3) is 0 Å². The third kappa shape index (κ3) is 3.74. The summed E-state index contributed by atoms with van der Waals surface area (Å²) < 4.78 is 0. The Morgan fingerprint density at radius 3 is 2.75 bits per heavy atom. The molecule has 3 nitrogen and oxygen atoms in total. The number of hydrogen-bond acceptors (Lipinski definition) is 2. The van der Waals surface area contributed by atoms with Gasteiger partial charge in [0.05, 0.1) is 5.41 Å². The zero-order chi connectivity index (χ0) is 14.4. The van der Waals surface area contributed by atoms with E-state index in [1.807, 2.05) is 24.3 Å². The van der Waals surface area contributed by atoms with Gasteiger partial charge in [0, 0.05) is 18.1 Å². The van der Waals surface area contributed by atoms with Crippen LogP contribution >= 0.6 is 11.6 Å². The molecule has 1 aromatic carbocycles. The molecule has 1 fully saturated rings. The monoisotopic (exact) mass is 294 g/mol. The van der Waals surface area contributed by atoms with Crippen LogP contribution in [0.5, 0.6) is 0 Å². The third-order valence-electron chi connectivity index (χ3n) is 4.07. The normalized spacial score (nSPS) is 21.9. The summed E-state index contributed by atoms with van der Waals surface area (Å²) in [6.45, 7) is 4.59. The van der Waals surface area contributed by atoms with Crippen molar-refractivity contribution in [2.45, 2.75) is 32.6 Å². The van der Waals surface area contributed by atoms with Gasteiger partial charge in [0.15, 0.2) is 0 Å². The van der Waals surface area contributed by atoms with Crippen LogP contribution in [-0.2, 0) is 11.2 Å². The van der Waals surface area contributed by atoms with Gasteiger partial charge in [-0.15, -0.1) is 0 Å². The molecule has 0 saturated carbocycles. The lowest BCUT2D eigenvalue weighted by Crippen LogP contribution is -2.43. The number of amides is 1. The van der Waals surface area contributed by atoms with Crippen LogP contribution in [0.3, 0.4) is 0 Å². The van der Waals surface area contributed by atoms with Crippen molar-refractivity contribution in [2.24, 2.45) is 5.41 Å². The number of benzene rings is 1. The second kappa shape index (κ2) is 7.09. The highest BCUT2D eigenvalue weighted by Crippen LogP contribution is 2.31. The molecular formula is C16H23ClN2O. The molecule has 1 heterocycles. The highest BCUT2D eigenvalue weighted by atomic mass is 35.5. The minimum absolute atomic E-state index is 0.186. The zero-order valence-electron chi connectivity index (χ0n) is 12.0. The number of hydrogen-bond donors (Lipinski definition) is 2. The van der Waals surface area contributed by atoms with Crippen LogP contribution in [0.2, 0.25) is 5.02 Å². The Kier molecular flexibility index (Phi) is 5.44. The average molecular weight is 295 g/mol. The lowest BCUT2D eigenvalue weighted by Gasteiger charge is -2.26. The molecule has 0 aromatic heterocycles. The molecule has 1 amide bonds. The summed E-state index contributed by atoms with van der Waals surface area (Å²) in [6, 6.07) is 7.79. The number of nitrogens with one attached hydrogen (secondary N) is 2. The van der Waals surface area contributed by atoms with Crippen molar-refractivity contribution >= 4 is 17.5 Å². The lowest BCUT2D eigenvalue weighted by atomic mass is 9.81. The molecule has 1 aliphatic heterocycles. The standard InChI is InChI=1S/C16H23ClN2O/c1-2-8-16(9-11-18-12-16)15(20)19-10-7-13-3-5-14(17)6-4-13/h3-6,18H,2,7-12H2,1H3,(H,19,20). The second-order valence-corrected chi connectivity index (χ2v) is 6.03. The SMILES string of the molecule is CCCC1(C(=O)NCCc2ccc(Cl)cc2)CCNC1. The van der Waals surface area contributed by atoms with E-state index in [2.05, 4.69) is 17.6 Å². The van der Waals surface area contributed by atoms with Gasteiger partial charge in [0.2, 0.25) is 5.91 Å². The Balaban J connectivity index is 1.83. The third-order valence-corrected chi connectivity index (χ3v) is 4.32. The molecule has 2 rings (SSSR count). The molecule has 0 radical (unpaired) electrons. The molecule has 2 N–H and O–H groups in total. The number of carbonyl (C=O) groups excluding carboxylic acids is 1. The molecule has 1 aromatic rings. The topological polar surface area (TPSA) is 41.1 Å². The predicted octanol–water partition coefficient (Wildman–Crippen LogP) is 2.78. The molecule has 1 saturated heterocycles. The summed E-state index contributed by atoms with van der Waals surface area (Å²) in [5.41, 5.74) is 1.01. The first-order chi connectivity index (χ1) is 9.66. The van der Waals surface area contributed by atoms with E-state index in [0.29, 0.717) is 6.54 Å². The molecule has 110 valence electrons. The molecule has 20 heavy (non-hydrogen) atoms. The molecule has 1 aliphatic rings. The van der Waals surface area contributed by atoms with Crippen LogP contribution < -0.4 is 10.6 Å². The molecule has 0 bridgehead atoms. The van der Waals surface area contributed by atoms with E-state index in [4.69, 9.17) is 11.6 Å². The van der Waals surface area contributed by atoms with Crippen molar-refractivity contribution in [3.63, 3.8) is 0 Å².